The zero-order valence-corrected chi connectivity index (χ0v) is 19.2. The maximum Gasteiger partial charge on any atom is 0.324 e. The van der Waals surface area contributed by atoms with Gasteiger partial charge in [0.1, 0.15) is 0 Å². The van der Waals surface area contributed by atoms with Crippen LogP contribution < -0.4 is 14.8 Å². The van der Waals surface area contributed by atoms with Gasteiger partial charge >= 0.3 is 6.03 Å². The second-order valence-electron chi connectivity index (χ2n) is 9.28. The van der Waals surface area contributed by atoms with Crippen LogP contribution >= 0.6 is 0 Å². The molecule has 180 valence electrons. The van der Waals surface area contributed by atoms with Gasteiger partial charge in [-0.05, 0) is 55.9 Å². The third-order valence-electron chi connectivity index (χ3n) is 7.10. The molecule has 1 saturated heterocycles. The van der Waals surface area contributed by atoms with Crippen molar-refractivity contribution in [3.63, 3.8) is 0 Å². The van der Waals surface area contributed by atoms with Crippen LogP contribution in [0.4, 0.5) is 4.79 Å². The lowest BCUT2D eigenvalue weighted by atomic mass is 9.76. The number of hydrogen-bond acceptors (Lipinski definition) is 7. The number of rotatable bonds is 6. The minimum Gasteiger partial charge on any atom is -0.454 e. The molecule has 3 heterocycles. The molecule has 35 heavy (non-hydrogen) atoms. The van der Waals surface area contributed by atoms with Gasteiger partial charge in [-0.3, -0.25) is 9.69 Å². The summed E-state index contributed by atoms with van der Waals surface area (Å²) in [5, 5.41) is 7.21. The summed E-state index contributed by atoms with van der Waals surface area (Å²) in [6.07, 6.45) is 3.60. The molecule has 3 unspecified atom stereocenters. The van der Waals surface area contributed by atoms with Crippen LogP contribution in [0.2, 0.25) is 0 Å². The largest absolute Gasteiger partial charge is 0.454 e. The second-order valence-corrected chi connectivity index (χ2v) is 9.28. The van der Waals surface area contributed by atoms with Crippen molar-refractivity contribution >= 4 is 11.9 Å². The minimum atomic E-state index is -0.309. The molecule has 2 aromatic carbocycles. The van der Waals surface area contributed by atoms with Crippen LogP contribution in [0.5, 0.6) is 11.5 Å². The van der Waals surface area contributed by atoms with Crippen LogP contribution in [0.15, 0.2) is 53.1 Å². The fourth-order valence-corrected chi connectivity index (χ4v) is 5.24. The van der Waals surface area contributed by atoms with Crippen molar-refractivity contribution in [3.05, 3.63) is 60.0 Å². The first-order chi connectivity index (χ1) is 17.2. The van der Waals surface area contributed by atoms with E-state index < -0.39 is 0 Å². The highest BCUT2D eigenvalue weighted by Gasteiger charge is 2.45. The Kier molecular flexibility index (Phi) is 5.60. The van der Waals surface area contributed by atoms with E-state index in [2.05, 4.69) is 27.6 Å². The van der Waals surface area contributed by atoms with E-state index in [0.717, 1.165) is 24.8 Å². The molecule has 2 fully saturated rings. The lowest BCUT2D eigenvalue weighted by Gasteiger charge is -2.41. The van der Waals surface area contributed by atoms with Crippen LogP contribution in [0.1, 0.15) is 43.1 Å². The van der Waals surface area contributed by atoms with Gasteiger partial charge in [0.25, 0.3) is 0 Å². The highest BCUT2D eigenvalue weighted by Crippen LogP contribution is 2.39. The number of urea groups is 1. The molecule has 0 spiro atoms. The summed E-state index contributed by atoms with van der Waals surface area (Å²) in [5.74, 6) is 2.07. The van der Waals surface area contributed by atoms with Gasteiger partial charge in [-0.15, -0.1) is 0 Å². The first-order valence-corrected chi connectivity index (χ1v) is 12.0. The number of hydrogen-bond donors (Lipinski definition) is 1. The summed E-state index contributed by atoms with van der Waals surface area (Å²) in [5.41, 5.74) is 1.99. The van der Waals surface area contributed by atoms with Crippen molar-refractivity contribution in [1.82, 2.24) is 20.4 Å². The zero-order chi connectivity index (χ0) is 23.8. The summed E-state index contributed by atoms with van der Waals surface area (Å²) in [7, 11) is 0. The van der Waals surface area contributed by atoms with Gasteiger partial charge in [0.15, 0.2) is 11.5 Å². The number of carbonyl (C=O) groups is 2. The molecule has 1 aromatic heterocycles. The van der Waals surface area contributed by atoms with E-state index in [1.54, 1.807) is 0 Å². The van der Waals surface area contributed by atoms with Gasteiger partial charge in [0.2, 0.25) is 24.4 Å². The van der Waals surface area contributed by atoms with E-state index in [4.69, 9.17) is 14.0 Å². The SMILES string of the molecule is O=C1NC2CC(c3nc(-c4ccc5c(c4)OCO5)no3)CCC2C(=O)N1CCCc1ccccc1. The smallest absolute Gasteiger partial charge is 0.324 e. The number of amides is 3. The normalized spacial score (nSPS) is 23.2. The average molecular weight is 475 g/mol. The fraction of sp³-hybridized carbons (Fsp3) is 0.385. The van der Waals surface area contributed by atoms with Crippen LogP contribution in [0.25, 0.3) is 11.4 Å². The Bertz CT molecular complexity index is 1240. The summed E-state index contributed by atoms with van der Waals surface area (Å²) in [4.78, 5) is 31.9. The maximum atomic E-state index is 13.1. The van der Waals surface area contributed by atoms with Gasteiger partial charge in [-0.1, -0.05) is 35.5 Å². The predicted molar refractivity (Wildman–Crippen MR) is 125 cm³/mol. The standard InChI is InChI=1S/C26H26N4O5/c31-25-19-10-8-18(24-28-23(29-35-24)17-9-11-21-22(14-17)34-15-33-21)13-20(19)27-26(32)30(25)12-4-7-16-5-2-1-3-6-16/h1-3,5-6,9,11,14,18-20H,4,7-8,10,12-13,15H2,(H,27,32). The Balaban J connectivity index is 1.09. The van der Waals surface area contributed by atoms with Crippen LogP contribution in [-0.4, -0.2) is 46.4 Å². The number of carbonyl (C=O) groups excluding carboxylic acids is 2. The minimum absolute atomic E-state index is 0.00996. The van der Waals surface area contributed by atoms with E-state index in [9.17, 15) is 9.59 Å². The number of nitrogens with one attached hydrogen (secondary N) is 1. The molecule has 9 heteroatoms. The summed E-state index contributed by atoms with van der Waals surface area (Å²) < 4.78 is 16.4. The molecule has 3 aromatic rings. The van der Waals surface area contributed by atoms with Crippen molar-refractivity contribution in [1.29, 1.82) is 0 Å². The van der Waals surface area contributed by atoms with E-state index in [0.29, 0.717) is 42.6 Å². The quantitative estimate of drug-likeness (QED) is 0.577. The molecule has 3 atom stereocenters. The van der Waals surface area contributed by atoms with E-state index in [-0.39, 0.29) is 36.6 Å². The molecule has 1 aliphatic carbocycles. The van der Waals surface area contributed by atoms with Crippen molar-refractivity contribution in [3.8, 4) is 22.9 Å². The molecule has 9 nitrogen and oxygen atoms in total. The lowest BCUT2D eigenvalue weighted by Crippen LogP contribution is -2.61. The van der Waals surface area contributed by atoms with Crippen molar-refractivity contribution in [2.45, 2.75) is 44.1 Å². The first-order valence-electron chi connectivity index (χ1n) is 12.0. The number of aromatic nitrogens is 2. The highest BCUT2D eigenvalue weighted by atomic mass is 16.7. The van der Waals surface area contributed by atoms with Crippen LogP contribution in [0, 0.1) is 5.92 Å². The zero-order valence-electron chi connectivity index (χ0n) is 19.2. The van der Waals surface area contributed by atoms with Crippen LogP contribution in [0.3, 0.4) is 0 Å². The van der Waals surface area contributed by atoms with Crippen molar-refractivity contribution in [2.24, 2.45) is 5.92 Å². The number of ether oxygens (including phenoxy) is 2. The van der Waals surface area contributed by atoms with Gasteiger partial charge < -0.3 is 19.3 Å². The number of nitrogens with zero attached hydrogens (tertiary/aromatic N) is 3. The van der Waals surface area contributed by atoms with Crippen LogP contribution in [-0.2, 0) is 11.2 Å². The molecule has 6 rings (SSSR count). The topological polar surface area (TPSA) is 107 Å². The van der Waals surface area contributed by atoms with Crippen molar-refractivity contribution < 1.29 is 23.6 Å². The lowest BCUT2D eigenvalue weighted by molar-refractivity contribution is -0.136. The Morgan fingerprint density at radius 1 is 1.03 bits per heavy atom. The summed E-state index contributed by atoms with van der Waals surface area (Å²) >= 11 is 0. The van der Waals surface area contributed by atoms with E-state index >= 15 is 0 Å². The number of imide groups is 1. The maximum absolute atomic E-state index is 13.1. The molecule has 0 radical (unpaired) electrons. The molecule has 0 bridgehead atoms. The van der Waals surface area contributed by atoms with Gasteiger partial charge in [0.05, 0.1) is 5.92 Å². The van der Waals surface area contributed by atoms with E-state index in [1.165, 1.54) is 10.5 Å². The third kappa shape index (κ3) is 4.22. The molecule has 3 aliphatic rings. The Labute approximate surface area is 202 Å². The first kappa shape index (κ1) is 21.6. The Hall–Kier alpha value is -3.88. The average Bonchev–Trinajstić information content (AvgIpc) is 3.56. The Morgan fingerprint density at radius 2 is 1.89 bits per heavy atom. The molecule has 1 N–H and O–H groups in total. The second kappa shape index (κ2) is 9.05. The predicted octanol–water partition coefficient (Wildman–Crippen LogP) is 3.90. The van der Waals surface area contributed by atoms with E-state index in [1.807, 2.05) is 36.4 Å². The van der Waals surface area contributed by atoms with Gasteiger partial charge in [-0.2, -0.15) is 4.98 Å². The monoisotopic (exact) mass is 474 g/mol. The third-order valence-corrected chi connectivity index (χ3v) is 7.10. The molecule has 3 amide bonds. The number of aryl methyl sites for hydroxylation is 1. The molecular weight excluding hydrogens is 448 g/mol. The summed E-state index contributed by atoms with van der Waals surface area (Å²) in [6, 6.07) is 15.1. The van der Waals surface area contributed by atoms with Gasteiger partial charge in [-0.25, -0.2) is 4.79 Å². The summed E-state index contributed by atoms with van der Waals surface area (Å²) in [6.45, 7) is 0.630. The number of benzene rings is 2. The molecular formula is C26H26N4O5. The fourth-order valence-electron chi connectivity index (χ4n) is 5.24. The van der Waals surface area contributed by atoms with Crippen molar-refractivity contribution in [2.75, 3.05) is 13.3 Å². The van der Waals surface area contributed by atoms with Gasteiger partial charge in [0, 0.05) is 24.1 Å². The number of fused-ring (bicyclic) bond motifs is 2. The Morgan fingerprint density at radius 3 is 2.77 bits per heavy atom. The highest BCUT2D eigenvalue weighted by molar-refractivity contribution is 5.98. The molecule has 2 aliphatic heterocycles. The molecule has 1 saturated carbocycles.